The Hall–Kier alpha value is -3.34. The Morgan fingerprint density at radius 2 is 1.79 bits per heavy atom. The molecule has 0 aliphatic rings. The quantitative estimate of drug-likeness (QED) is 0.475. The average molecular weight is 374 g/mol. The standard InChI is InChI=1S/C23H22N2O3/c1-15-13-16(14-21(26-2)22(15)27-3)23-24-19-9-5-4-8-18(19)20(25-23)11-10-17-7-6-12-28-17/h4-9,12-14H,10-11H2,1-3H3. The van der Waals surface area contributed by atoms with Gasteiger partial charge in [0.2, 0.25) is 0 Å². The molecule has 2 heterocycles. The van der Waals surface area contributed by atoms with Crippen molar-refractivity contribution in [2.75, 3.05) is 14.2 Å². The molecular formula is C23H22N2O3. The molecule has 5 heteroatoms. The number of rotatable bonds is 6. The van der Waals surface area contributed by atoms with Crippen molar-refractivity contribution in [3.63, 3.8) is 0 Å². The summed E-state index contributed by atoms with van der Waals surface area (Å²) < 4.78 is 16.4. The summed E-state index contributed by atoms with van der Waals surface area (Å²) in [6.45, 7) is 1.99. The van der Waals surface area contributed by atoms with Crippen LogP contribution in [0.4, 0.5) is 0 Å². The molecule has 0 unspecified atom stereocenters. The molecule has 0 aliphatic carbocycles. The van der Waals surface area contributed by atoms with Gasteiger partial charge in [-0.1, -0.05) is 18.2 Å². The molecule has 0 saturated carbocycles. The predicted octanol–water partition coefficient (Wildman–Crippen LogP) is 5.00. The largest absolute Gasteiger partial charge is 0.493 e. The SMILES string of the molecule is COc1cc(-c2nc(CCc3ccco3)c3ccccc3n2)cc(C)c1OC. The first kappa shape index (κ1) is 18.0. The first-order valence-corrected chi connectivity index (χ1v) is 9.20. The molecule has 0 saturated heterocycles. The van der Waals surface area contributed by atoms with E-state index in [9.17, 15) is 0 Å². The Morgan fingerprint density at radius 3 is 2.54 bits per heavy atom. The fraction of sp³-hybridized carbons (Fsp3) is 0.217. The Morgan fingerprint density at radius 1 is 0.929 bits per heavy atom. The monoisotopic (exact) mass is 374 g/mol. The lowest BCUT2D eigenvalue weighted by Crippen LogP contribution is -2.01. The van der Waals surface area contributed by atoms with Gasteiger partial charge in [0.1, 0.15) is 5.76 Å². The Bertz CT molecular complexity index is 1100. The van der Waals surface area contributed by atoms with Gasteiger partial charge in [-0.3, -0.25) is 0 Å². The van der Waals surface area contributed by atoms with E-state index >= 15 is 0 Å². The summed E-state index contributed by atoms with van der Waals surface area (Å²) in [5.74, 6) is 3.03. The highest BCUT2D eigenvalue weighted by Crippen LogP contribution is 2.35. The molecule has 0 fully saturated rings. The first-order valence-electron chi connectivity index (χ1n) is 9.20. The van der Waals surface area contributed by atoms with Crippen molar-refractivity contribution in [3.05, 3.63) is 71.8 Å². The highest BCUT2D eigenvalue weighted by Gasteiger charge is 2.15. The molecule has 0 spiro atoms. The predicted molar refractivity (Wildman–Crippen MR) is 109 cm³/mol. The maximum atomic E-state index is 5.50. The van der Waals surface area contributed by atoms with Crippen molar-refractivity contribution < 1.29 is 13.9 Å². The summed E-state index contributed by atoms with van der Waals surface area (Å²) in [6, 6.07) is 15.9. The van der Waals surface area contributed by atoms with E-state index in [-0.39, 0.29) is 0 Å². The van der Waals surface area contributed by atoms with Crippen LogP contribution in [-0.4, -0.2) is 24.2 Å². The van der Waals surface area contributed by atoms with E-state index in [0.717, 1.165) is 52.1 Å². The summed E-state index contributed by atoms with van der Waals surface area (Å²) in [6.07, 6.45) is 3.26. The first-order chi connectivity index (χ1) is 13.7. The van der Waals surface area contributed by atoms with Crippen LogP contribution < -0.4 is 9.47 Å². The van der Waals surface area contributed by atoms with E-state index in [2.05, 4.69) is 6.07 Å². The van der Waals surface area contributed by atoms with Crippen molar-refractivity contribution in [1.29, 1.82) is 0 Å². The minimum atomic E-state index is 0.673. The van der Waals surface area contributed by atoms with E-state index in [0.29, 0.717) is 11.6 Å². The summed E-state index contributed by atoms with van der Waals surface area (Å²) in [4.78, 5) is 9.69. The van der Waals surface area contributed by atoms with Crippen LogP contribution in [0.25, 0.3) is 22.3 Å². The zero-order valence-corrected chi connectivity index (χ0v) is 16.2. The van der Waals surface area contributed by atoms with Crippen molar-refractivity contribution in [1.82, 2.24) is 9.97 Å². The lowest BCUT2D eigenvalue weighted by atomic mass is 10.1. The third-order valence-corrected chi connectivity index (χ3v) is 4.79. The van der Waals surface area contributed by atoms with E-state index in [1.54, 1.807) is 20.5 Å². The second-order valence-electron chi connectivity index (χ2n) is 6.62. The molecule has 0 atom stereocenters. The van der Waals surface area contributed by atoms with Gasteiger partial charge in [0.25, 0.3) is 0 Å². The molecule has 2 aromatic heterocycles. The van der Waals surface area contributed by atoms with Gasteiger partial charge in [0.15, 0.2) is 17.3 Å². The Kier molecular flexibility index (Phi) is 4.98. The van der Waals surface area contributed by atoms with Gasteiger partial charge in [0.05, 0.1) is 31.7 Å². The number of hydrogen-bond acceptors (Lipinski definition) is 5. The van der Waals surface area contributed by atoms with E-state index in [1.807, 2.05) is 49.4 Å². The minimum absolute atomic E-state index is 0.673. The van der Waals surface area contributed by atoms with Gasteiger partial charge >= 0.3 is 0 Å². The van der Waals surface area contributed by atoms with Crippen molar-refractivity contribution in [2.24, 2.45) is 0 Å². The maximum absolute atomic E-state index is 5.50. The van der Waals surface area contributed by atoms with Crippen LogP contribution in [0, 0.1) is 6.92 Å². The molecule has 5 nitrogen and oxygen atoms in total. The van der Waals surface area contributed by atoms with Gasteiger partial charge in [0, 0.05) is 17.4 Å². The van der Waals surface area contributed by atoms with Gasteiger partial charge in [-0.15, -0.1) is 0 Å². The number of furan rings is 1. The van der Waals surface area contributed by atoms with Crippen LogP contribution >= 0.6 is 0 Å². The third kappa shape index (κ3) is 3.43. The van der Waals surface area contributed by atoms with Crippen LogP contribution in [-0.2, 0) is 12.8 Å². The van der Waals surface area contributed by atoms with Crippen molar-refractivity contribution in [2.45, 2.75) is 19.8 Å². The molecule has 0 amide bonds. The summed E-state index contributed by atoms with van der Waals surface area (Å²) in [5.41, 5.74) is 3.81. The number of aromatic nitrogens is 2. The normalized spacial score (nSPS) is 11.0. The second-order valence-corrected chi connectivity index (χ2v) is 6.62. The zero-order valence-electron chi connectivity index (χ0n) is 16.2. The Balaban J connectivity index is 1.80. The van der Waals surface area contributed by atoms with Crippen molar-refractivity contribution in [3.8, 4) is 22.9 Å². The van der Waals surface area contributed by atoms with Gasteiger partial charge < -0.3 is 13.9 Å². The van der Waals surface area contributed by atoms with Crippen molar-refractivity contribution >= 4 is 10.9 Å². The van der Waals surface area contributed by atoms with Crippen LogP contribution in [0.5, 0.6) is 11.5 Å². The lowest BCUT2D eigenvalue weighted by molar-refractivity contribution is 0.353. The zero-order chi connectivity index (χ0) is 19.5. The average Bonchev–Trinajstić information content (AvgIpc) is 3.24. The molecule has 4 aromatic rings. The molecule has 0 aliphatic heterocycles. The summed E-state index contributed by atoms with van der Waals surface area (Å²) in [5, 5.41) is 1.06. The maximum Gasteiger partial charge on any atom is 0.163 e. The topological polar surface area (TPSA) is 57.4 Å². The molecule has 28 heavy (non-hydrogen) atoms. The van der Waals surface area contributed by atoms with Crippen LogP contribution in [0.15, 0.2) is 59.2 Å². The second kappa shape index (κ2) is 7.72. The number of aryl methyl sites for hydroxylation is 3. The molecule has 4 rings (SSSR count). The summed E-state index contributed by atoms with van der Waals surface area (Å²) >= 11 is 0. The number of hydrogen-bond donors (Lipinski definition) is 0. The van der Waals surface area contributed by atoms with E-state index < -0.39 is 0 Å². The highest BCUT2D eigenvalue weighted by molar-refractivity contribution is 5.83. The number of methoxy groups -OCH3 is 2. The van der Waals surface area contributed by atoms with Crippen LogP contribution in [0.3, 0.4) is 0 Å². The van der Waals surface area contributed by atoms with Gasteiger partial charge in [-0.2, -0.15) is 0 Å². The Labute approximate surface area is 164 Å². The summed E-state index contributed by atoms with van der Waals surface area (Å²) in [7, 11) is 3.28. The molecule has 2 aromatic carbocycles. The van der Waals surface area contributed by atoms with Gasteiger partial charge in [-0.05, 0) is 49.2 Å². The number of ether oxygens (including phenoxy) is 2. The number of nitrogens with zero attached hydrogens (tertiary/aromatic N) is 2. The van der Waals surface area contributed by atoms with Crippen LogP contribution in [0.2, 0.25) is 0 Å². The molecule has 0 radical (unpaired) electrons. The minimum Gasteiger partial charge on any atom is -0.493 e. The lowest BCUT2D eigenvalue weighted by Gasteiger charge is -2.13. The highest BCUT2D eigenvalue weighted by atomic mass is 16.5. The molecular weight excluding hydrogens is 352 g/mol. The van der Waals surface area contributed by atoms with Gasteiger partial charge in [-0.25, -0.2) is 9.97 Å². The molecule has 142 valence electrons. The third-order valence-electron chi connectivity index (χ3n) is 4.79. The number of fused-ring (bicyclic) bond motifs is 1. The smallest absolute Gasteiger partial charge is 0.163 e. The van der Waals surface area contributed by atoms with Crippen LogP contribution in [0.1, 0.15) is 17.0 Å². The molecule has 0 N–H and O–H groups in total. The number of benzene rings is 2. The van der Waals surface area contributed by atoms with E-state index in [4.69, 9.17) is 23.9 Å². The van der Waals surface area contributed by atoms with E-state index in [1.165, 1.54) is 0 Å². The fourth-order valence-electron chi connectivity index (χ4n) is 3.44. The fourth-order valence-corrected chi connectivity index (χ4v) is 3.44. The molecule has 0 bridgehead atoms. The number of para-hydroxylation sites is 1.